The molecule has 0 aliphatic heterocycles. The highest BCUT2D eigenvalue weighted by Gasteiger charge is 2.14. The fourth-order valence-corrected chi connectivity index (χ4v) is 1.33. The Balaban J connectivity index is 2.63. The number of carboxylic acids is 1. The summed E-state index contributed by atoms with van der Waals surface area (Å²) in [6.45, 7) is -0.401. The number of hydrogen-bond acceptors (Lipinski definition) is 5. The normalized spacial score (nSPS) is 11.3. The van der Waals surface area contributed by atoms with Crippen LogP contribution < -0.4 is 20.1 Å². The number of nitrogens with one attached hydrogen (secondary N) is 2. The molecular formula is C12H16N2O6. The third kappa shape index (κ3) is 4.65. The largest absolute Gasteiger partial charge is 0.497 e. The average Bonchev–Trinajstić information content (AvgIpc) is 2.43. The Bertz CT molecular complexity index is 469. The molecule has 1 aromatic rings. The summed E-state index contributed by atoms with van der Waals surface area (Å²) in [6, 6.07) is 4.11. The maximum atomic E-state index is 11.5. The second-order valence-corrected chi connectivity index (χ2v) is 3.79. The van der Waals surface area contributed by atoms with Crippen LogP contribution in [0.1, 0.15) is 0 Å². The van der Waals surface area contributed by atoms with Gasteiger partial charge in [0, 0.05) is 23.9 Å². The third-order valence-electron chi connectivity index (χ3n) is 2.35. The number of aliphatic hydroxyl groups is 1. The molecule has 2 amide bonds. The Hall–Kier alpha value is -2.48. The van der Waals surface area contributed by atoms with E-state index in [0.717, 1.165) is 0 Å². The van der Waals surface area contributed by atoms with Gasteiger partial charge in [0.1, 0.15) is 11.5 Å². The molecule has 110 valence electrons. The quantitative estimate of drug-likeness (QED) is 0.595. The molecule has 8 heteroatoms. The van der Waals surface area contributed by atoms with Crippen molar-refractivity contribution in [3.8, 4) is 11.5 Å². The number of benzene rings is 1. The number of hydrogen-bond donors (Lipinski definition) is 4. The summed E-state index contributed by atoms with van der Waals surface area (Å²) >= 11 is 0. The van der Waals surface area contributed by atoms with Gasteiger partial charge in [0.05, 0.1) is 20.8 Å². The van der Waals surface area contributed by atoms with Crippen LogP contribution in [0.2, 0.25) is 0 Å². The lowest BCUT2D eigenvalue weighted by atomic mass is 10.3. The van der Waals surface area contributed by atoms with Gasteiger partial charge < -0.3 is 30.3 Å². The van der Waals surface area contributed by atoms with Gasteiger partial charge in [0.2, 0.25) is 0 Å². The van der Waals surface area contributed by atoms with E-state index in [1.807, 2.05) is 0 Å². The standard InChI is InChI=1S/C12H16N2O6/c1-19-8-3-7(4-9(5-8)20-2)14-12(18)13-6-10(15)11(16)17/h3-5,10,15H,6H2,1-2H3,(H,16,17)(H2,13,14,18). The molecule has 0 bridgehead atoms. The zero-order chi connectivity index (χ0) is 15.1. The number of methoxy groups -OCH3 is 2. The zero-order valence-corrected chi connectivity index (χ0v) is 11.0. The molecule has 0 heterocycles. The van der Waals surface area contributed by atoms with Gasteiger partial charge in [-0.25, -0.2) is 9.59 Å². The van der Waals surface area contributed by atoms with Crippen molar-refractivity contribution in [2.75, 3.05) is 26.1 Å². The Morgan fingerprint density at radius 3 is 2.20 bits per heavy atom. The Morgan fingerprint density at radius 1 is 1.20 bits per heavy atom. The second kappa shape index (κ2) is 7.19. The first-order chi connectivity index (χ1) is 9.46. The van der Waals surface area contributed by atoms with Gasteiger partial charge in [-0.1, -0.05) is 0 Å². The number of aliphatic hydroxyl groups excluding tert-OH is 1. The minimum atomic E-state index is -1.65. The van der Waals surface area contributed by atoms with Gasteiger partial charge in [0.25, 0.3) is 0 Å². The van der Waals surface area contributed by atoms with Crippen LogP contribution in [0.25, 0.3) is 0 Å². The second-order valence-electron chi connectivity index (χ2n) is 3.79. The molecule has 0 saturated carbocycles. The first-order valence-corrected chi connectivity index (χ1v) is 5.65. The van der Waals surface area contributed by atoms with Crippen molar-refractivity contribution >= 4 is 17.7 Å². The van der Waals surface area contributed by atoms with Crippen molar-refractivity contribution in [1.29, 1.82) is 0 Å². The van der Waals surface area contributed by atoms with Crippen LogP contribution in [0.5, 0.6) is 11.5 Å². The van der Waals surface area contributed by atoms with Crippen LogP contribution in [-0.4, -0.2) is 49.1 Å². The third-order valence-corrected chi connectivity index (χ3v) is 2.35. The summed E-state index contributed by atoms with van der Waals surface area (Å²) in [4.78, 5) is 21.9. The predicted octanol–water partition coefficient (Wildman–Crippen LogP) is 0.271. The van der Waals surface area contributed by atoms with Crippen LogP contribution in [-0.2, 0) is 4.79 Å². The fraction of sp³-hybridized carbons (Fsp3) is 0.333. The molecule has 0 spiro atoms. The van der Waals surface area contributed by atoms with E-state index >= 15 is 0 Å². The number of aliphatic carboxylic acids is 1. The number of carboxylic acid groups (broad SMARTS) is 1. The number of carbonyl (C=O) groups is 2. The van der Waals surface area contributed by atoms with E-state index in [1.54, 1.807) is 18.2 Å². The molecule has 1 unspecified atom stereocenters. The number of anilines is 1. The van der Waals surface area contributed by atoms with E-state index in [2.05, 4.69) is 10.6 Å². The Kier molecular flexibility index (Phi) is 5.60. The summed E-state index contributed by atoms with van der Waals surface area (Å²) in [5, 5.41) is 22.2. The summed E-state index contributed by atoms with van der Waals surface area (Å²) in [6.07, 6.45) is -1.65. The molecule has 0 saturated heterocycles. The molecule has 0 aliphatic rings. The van der Waals surface area contributed by atoms with E-state index in [-0.39, 0.29) is 0 Å². The average molecular weight is 284 g/mol. The lowest BCUT2D eigenvalue weighted by Gasteiger charge is -2.11. The van der Waals surface area contributed by atoms with Gasteiger partial charge in [-0.05, 0) is 0 Å². The van der Waals surface area contributed by atoms with E-state index in [0.29, 0.717) is 17.2 Å². The van der Waals surface area contributed by atoms with Crippen LogP contribution in [0, 0.1) is 0 Å². The van der Waals surface area contributed by atoms with Crippen molar-refractivity contribution in [1.82, 2.24) is 5.32 Å². The molecule has 1 atom stereocenters. The number of ether oxygens (including phenoxy) is 2. The summed E-state index contributed by atoms with van der Waals surface area (Å²) < 4.78 is 10.1. The molecule has 0 aliphatic carbocycles. The maximum Gasteiger partial charge on any atom is 0.334 e. The number of rotatable bonds is 6. The highest BCUT2D eigenvalue weighted by Crippen LogP contribution is 2.25. The van der Waals surface area contributed by atoms with Crippen molar-refractivity contribution < 1.29 is 29.3 Å². The number of carbonyl (C=O) groups excluding carboxylic acids is 1. The highest BCUT2D eigenvalue weighted by molar-refractivity contribution is 5.90. The molecule has 20 heavy (non-hydrogen) atoms. The van der Waals surface area contributed by atoms with Gasteiger partial charge in [0.15, 0.2) is 6.10 Å². The van der Waals surface area contributed by atoms with Gasteiger partial charge in [-0.2, -0.15) is 0 Å². The summed E-state index contributed by atoms with van der Waals surface area (Å²) in [5.41, 5.74) is 0.406. The van der Waals surface area contributed by atoms with Crippen LogP contribution in [0.15, 0.2) is 18.2 Å². The molecule has 0 fully saturated rings. The fourth-order valence-electron chi connectivity index (χ4n) is 1.33. The summed E-state index contributed by atoms with van der Waals surface area (Å²) in [5.74, 6) is -0.427. The first-order valence-electron chi connectivity index (χ1n) is 5.65. The molecule has 4 N–H and O–H groups in total. The topological polar surface area (TPSA) is 117 Å². The minimum absolute atomic E-state index is 0.401. The van der Waals surface area contributed by atoms with Crippen molar-refractivity contribution in [2.24, 2.45) is 0 Å². The molecule has 8 nitrogen and oxygen atoms in total. The molecule has 1 aromatic carbocycles. The predicted molar refractivity (Wildman–Crippen MR) is 70.2 cm³/mol. The number of amides is 2. The smallest absolute Gasteiger partial charge is 0.334 e. The zero-order valence-electron chi connectivity index (χ0n) is 11.0. The monoisotopic (exact) mass is 284 g/mol. The van der Waals surface area contributed by atoms with Crippen LogP contribution in [0.4, 0.5) is 10.5 Å². The minimum Gasteiger partial charge on any atom is -0.497 e. The molecular weight excluding hydrogens is 268 g/mol. The maximum absolute atomic E-state index is 11.5. The van der Waals surface area contributed by atoms with Crippen molar-refractivity contribution in [3.05, 3.63) is 18.2 Å². The van der Waals surface area contributed by atoms with Crippen LogP contribution in [0.3, 0.4) is 0 Å². The van der Waals surface area contributed by atoms with Gasteiger partial charge in [-0.3, -0.25) is 0 Å². The van der Waals surface area contributed by atoms with E-state index in [1.165, 1.54) is 14.2 Å². The van der Waals surface area contributed by atoms with Crippen LogP contribution >= 0.6 is 0 Å². The Morgan fingerprint density at radius 2 is 1.75 bits per heavy atom. The lowest BCUT2D eigenvalue weighted by molar-refractivity contribution is -0.146. The SMILES string of the molecule is COc1cc(NC(=O)NCC(O)C(=O)O)cc(OC)c1. The Labute approximate surface area is 115 Å². The highest BCUT2D eigenvalue weighted by atomic mass is 16.5. The van der Waals surface area contributed by atoms with Gasteiger partial charge in [-0.15, -0.1) is 0 Å². The van der Waals surface area contributed by atoms with E-state index < -0.39 is 24.6 Å². The molecule has 1 rings (SSSR count). The lowest BCUT2D eigenvalue weighted by Crippen LogP contribution is -2.38. The summed E-state index contributed by atoms with van der Waals surface area (Å²) in [7, 11) is 2.95. The molecule has 0 aromatic heterocycles. The van der Waals surface area contributed by atoms with E-state index in [9.17, 15) is 9.59 Å². The van der Waals surface area contributed by atoms with Gasteiger partial charge >= 0.3 is 12.0 Å². The molecule has 0 radical (unpaired) electrons. The van der Waals surface area contributed by atoms with Crippen molar-refractivity contribution in [3.63, 3.8) is 0 Å². The van der Waals surface area contributed by atoms with E-state index in [4.69, 9.17) is 19.7 Å². The number of urea groups is 1. The first kappa shape index (κ1) is 15.6. The van der Waals surface area contributed by atoms with Crippen molar-refractivity contribution in [2.45, 2.75) is 6.10 Å².